The highest BCUT2D eigenvalue weighted by Crippen LogP contribution is 1.90. The Morgan fingerprint density at radius 3 is 1.45 bits per heavy atom. The average Bonchev–Trinajstić information content (AvgIpc) is 2.23. The first kappa shape index (κ1) is 20.1. The molecule has 0 aromatic heterocycles. The molecule has 0 aromatic carbocycles. The number of rotatable bonds is 6. The minimum absolute atomic E-state index is 0.0550. The molecule has 10 N–H and O–H groups in total. The summed E-state index contributed by atoms with van der Waals surface area (Å²) in [6, 6.07) is 0. The lowest BCUT2D eigenvalue weighted by atomic mass is 10.3. The van der Waals surface area contributed by atoms with Gasteiger partial charge < -0.3 is 22.9 Å². The topological polar surface area (TPSA) is 228 Å². The van der Waals surface area contributed by atoms with E-state index >= 15 is 0 Å². The molecule has 0 heterocycles. The summed E-state index contributed by atoms with van der Waals surface area (Å²) in [7, 11) is -4.67. The zero-order valence-electron chi connectivity index (χ0n) is 10.5. The van der Waals surface area contributed by atoms with E-state index in [0.29, 0.717) is 0 Å². The quantitative estimate of drug-likeness (QED) is 0.105. The van der Waals surface area contributed by atoms with Crippen LogP contribution in [0.25, 0.3) is 0 Å². The minimum atomic E-state index is -4.67. The van der Waals surface area contributed by atoms with Gasteiger partial charge in [-0.2, -0.15) is 18.6 Å². The fraction of sp³-hybridized carbons (Fsp3) is 0.429. The van der Waals surface area contributed by atoms with Crippen molar-refractivity contribution in [3.8, 4) is 0 Å². The Kier molecular flexibility index (Phi) is 11.9. The van der Waals surface area contributed by atoms with Crippen molar-refractivity contribution in [2.24, 2.45) is 43.3 Å². The van der Waals surface area contributed by atoms with Gasteiger partial charge in [0.1, 0.15) is 0 Å². The van der Waals surface area contributed by atoms with Crippen molar-refractivity contribution < 1.29 is 17.5 Å². The highest BCUT2D eigenvalue weighted by atomic mass is 32.3. The molecule has 0 atom stereocenters. The molecular weight excluding hydrogens is 292 g/mol. The van der Waals surface area contributed by atoms with Crippen LogP contribution in [0.2, 0.25) is 0 Å². The van der Waals surface area contributed by atoms with Crippen molar-refractivity contribution in [1.29, 1.82) is 0 Å². The highest BCUT2D eigenvalue weighted by Gasteiger charge is 1.84. The number of unbranched alkanes of at least 4 members (excludes halogenated alkanes) is 2. The van der Waals surface area contributed by atoms with Crippen molar-refractivity contribution in [1.82, 2.24) is 0 Å². The predicted molar refractivity (Wildman–Crippen MR) is 76.6 cm³/mol. The van der Waals surface area contributed by atoms with Crippen LogP contribution >= 0.6 is 0 Å². The van der Waals surface area contributed by atoms with Gasteiger partial charge in [-0.05, 0) is 19.3 Å². The fourth-order valence-electron chi connectivity index (χ4n) is 0.631. The van der Waals surface area contributed by atoms with Crippen molar-refractivity contribution >= 4 is 34.7 Å². The lowest BCUT2D eigenvalue weighted by molar-refractivity contribution is 0.381. The van der Waals surface area contributed by atoms with E-state index in [0.717, 1.165) is 19.3 Å². The van der Waals surface area contributed by atoms with Gasteiger partial charge in [0.15, 0.2) is 0 Å². The van der Waals surface area contributed by atoms with Crippen molar-refractivity contribution in [3.05, 3.63) is 0 Å². The number of hydrogen-bond acceptors (Lipinski definition) is 6. The summed E-state index contributed by atoms with van der Waals surface area (Å²) in [6.07, 6.45) is 5.62. The van der Waals surface area contributed by atoms with Crippen LogP contribution < -0.4 is 22.9 Å². The molecule has 0 amide bonds. The van der Waals surface area contributed by atoms with E-state index < -0.39 is 10.4 Å². The first-order valence-electron chi connectivity index (χ1n) is 5.03. The van der Waals surface area contributed by atoms with E-state index in [1.165, 1.54) is 0 Å². The van der Waals surface area contributed by atoms with E-state index in [9.17, 15) is 0 Å². The van der Waals surface area contributed by atoms with Crippen LogP contribution in [-0.2, 0) is 10.4 Å². The molecule has 12 nitrogen and oxygen atoms in total. The molecule has 0 aliphatic rings. The molecule has 0 aliphatic carbocycles. The number of guanidine groups is 2. The molecule has 0 fully saturated rings. The number of hydrogen-bond donors (Lipinski definition) is 6. The van der Waals surface area contributed by atoms with Crippen LogP contribution in [0.5, 0.6) is 0 Å². The molecule has 0 spiro atoms. The number of nitrogens with zero attached hydrogens (tertiary/aromatic N) is 4. The van der Waals surface area contributed by atoms with E-state index in [1.54, 1.807) is 12.4 Å². The van der Waals surface area contributed by atoms with E-state index in [2.05, 4.69) is 20.4 Å². The smallest absolute Gasteiger partial charge is 0.369 e. The maximum absolute atomic E-state index is 8.74. The third-order valence-electron chi connectivity index (χ3n) is 1.18. The maximum Gasteiger partial charge on any atom is 0.394 e. The van der Waals surface area contributed by atoms with Crippen LogP contribution in [0.1, 0.15) is 19.3 Å². The van der Waals surface area contributed by atoms with Gasteiger partial charge in [-0.25, -0.2) is 0 Å². The molecule has 0 saturated carbocycles. The van der Waals surface area contributed by atoms with Crippen LogP contribution in [0.4, 0.5) is 0 Å². The molecular formula is C7H18N8O4S. The predicted octanol–water partition coefficient (Wildman–Crippen LogP) is -1.98. The first-order chi connectivity index (χ1) is 9.13. The normalized spacial score (nSPS) is 10.9. The summed E-state index contributed by atoms with van der Waals surface area (Å²) in [4.78, 5) is 0. The molecule has 0 bridgehead atoms. The van der Waals surface area contributed by atoms with Gasteiger partial charge in [-0.15, -0.1) is 10.2 Å². The second kappa shape index (κ2) is 11.8. The average molecular weight is 310 g/mol. The molecule has 13 heteroatoms. The minimum Gasteiger partial charge on any atom is -0.369 e. The molecule has 0 saturated heterocycles. The molecule has 20 heavy (non-hydrogen) atoms. The summed E-state index contributed by atoms with van der Waals surface area (Å²) < 4.78 is 31.6. The first-order valence-corrected chi connectivity index (χ1v) is 6.43. The van der Waals surface area contributed by atoms with Gasteiger partial charge >= 0.3 is 10.4 Å². The van der Waals surface area contributed by atoms with Crippen LogP contribution in [-0.4, -0.2) is 41.9 Å². The SMILES string of the molecule is NC(N)=N/N=C\CCC/C=N/N=C(N)N.O=S(=O)(O)O. The largest absolute Gasteiger partial charge is 0.394 e. The van der Waals surface area contributed by atoms with Gasteiger partial charge in [-0.3, -0.25) is 9.11 Å². The van der Waals surface area contributed by atoms with Crippen molar-refractivity contribution in [3.63, 3.8) is 0 Å². The molecule has 0 radical (unpaired) electrons. The molecule has 0 aliphatic heterocycles. The summed E-state index contributed by atoms with van der Waals surface area (Å²) in [6.45, 7) is 0. The summed E-state index contributed by atoms with van der Waals surface area (Å²) in [5.41, 5.74) is 20.2. The van der Waals surface area contributed by atoms with Crippen molar-refractivity contribution in [2.75, 3.05) is 0 Å². The monoisotopic (exact) mass is 310 g/mol. The van der Waals surface area contributed by atoms with E-state index in [1.807, 2.05) is 0 Å². The lowest BCUT2D eigenvalue weighted by Crippen LogP contribution is -2.21. The Morgan fingerprint density at radius 1 is 0.900 bits per heavy atom. The van der Waals surface area contributed by atoms with E-state index in [4.69, 9.17) is 40.5 Å². The molecule has 0 aromatic rings. The van der Waals surface area contributed by atoms with Crippen LogP contribution in [0.15, 0.2) is 20.4 Å². The van der Waals surface area contributed by atoms with Gasteiger partial charge in [-0.1, -0.05) is 0 Å². The number of nitrogens with two attached hydrogens (primary N) is 4. The zero-order chi connectivity index (χ0) is 16.0. The Morgan fingerprint density at radius 2 is 1.20 bits per heavy atom. The van der Waals surface area contributed by atoms with Gasteiger partial charge in [0, 0.05) is 12.4 Å². The zero-order valence-corrected chi connectivity index (χ0v) is 11.3. The third kappa shape index (κ3) is 36.0. The second-order valence-corrected chi connectivity index (χ2v) is 3.92. The van der Waals surface area contributed by atoms with Gasteiger partial charge in [0.25, 0.3) is 0 Å². The maximum atomic E-state index is 8.74. The third-order valence-corrected chi connectivity index (χ3v) is 1.18. The molecule has 0 unspecified atom stereocenters. The Labute approximate surface area is 115 Å². The van der Waals surface area contributed by atoms with Crippen molar-refractivity contribution in [2.45, 2.75) is 19.3 Å². The standard InChI is InChI=1S/C7H16N8.H2O4S/c8-6(9)14-12-4-2-1-3-5-13-15-7(10)11;1-5(2,3)4/h4-5H,1-3H2,(H4,8,9,14)(H4,10,11,15);(H2,1,2,3,4)/b12-4-,13-5+;. The summed E-state index contributed by atoms with van der Waals surface area (Å²) in [5, 5.41) is 14.1. The lowest BCUT2D eigenvalue weighted by Gasteiger charge is -1.88. The summed E-state index contributed by atoms with van der Waals surface area (Å²) >= 11 is 0. The Balaban J connectivity index is 0. The molecule has 116 valence electrons. The van der Waals surface area contributed by atoms with Gasteiger partial charge in [0.2, 0.25) is 11.9 Å². The van der Waals surface area contributed by atoms with Crippen LogP contribution in [0.3, 0.4) is 0 Å². The molecule has 0 rings (SSSR count). The highest BCUT2D eigenvalue weighted by molar-refractivity contribution is 7.79. The van der Waals surface area contributed by atoms with Crippen LogP contribution in [0, 0.1) is 0 Å². The van der Waals surface area contributed by atoms with E-state index in [-0.39, 0.29) is 11.9 Å². The second-order valence-electron chi connectivity index (χ2n) is 3.02. The van der Waals surface area contributed by atoms with Gasteiger partial charge in [0.05, 0.1) is 0 Å². The summed E-state index contributed by atoms with van der Waals surface area (Å²) in [5.74, 6) is -0.110. The Bertz CT molecular complexity index is 425. The Hall–Kier alpha value is -2.25. The fourth-order valence-corrected chi connectivity index (χ4v) is 0.631.